The Bertz CT molecular complexity index is 555. The number of hydrogen-bond acceptors (Lipinski definition) is 3. The fourth-order valence-electron chi connectivity index (χ4n) is 1.77. The van der Waals surface area contributed by atoms with Crippen LogP contribution in [-0.4, -0.2) is 10.9 Å². The fourth-order valence-corrected chi connectivity index (χ4v) is 2.52. The molecule has 1 aromatic carbocycles. The number of aromatic nitrogens is 1. The van der Waals surface area contributed by atoms with Crippen molar-refractivity contribution < 1.29 is 4.79 Å². The first-order valence-corrected chi connectivity index (χ1v) is 6.75. The van der Waals surface area contributed by atoms with Crippen molar-refractivity contribution in [2.45, 2.75) is 27.2 Å². The summed E-state index contributed by atoms with van der Waals surface area (Å²) in [6, 6.07) is 5.97. The van der Waals surface area contributed by atoms with Crippen LogP contribution in [0.2, 0.25) is 0 Å². The molecule has 1 amide bonds. The van der Waals surface area contributed by atoms with Crippen LogP contribution in [0.3, 0.4) is 0 Å². The first kappa shape index (κ1) is 12.8. The van der Waals surface area contributed by atoms with Crippen LogP contribution >= 0.6 is 11.3 Å². The number of thiazole rings is 1. The van der Waals surface area contributed by atoms with E-state index in [2.05, 4.69) is 10.3 Å². The lowest BCUT2D eigenvalue weighted by Crippen LogP contribution is -2.12. The molecule has 1 aromatic heterocycles. The molecule has 0 saturated heterocycles. The SMILES string of the molecule is CCc1ncc(C(=O)Nc2c(C)cccc2C)s1. The third kappa shape index (κ3) is 2.59. The topological polar surface area (TPSA) is 42.0 Å². The molecule has 0 atom stereocenters. The normalized spacial score (nSPS) is 10.4. The molecule has 2 rings (SSSR count). The van der Waals surface area contributed by atoms with Crippen molar-refractivity contribution >= 4 is 22.9 Å². The number of nitrogens with zero attached hydrogens (tertiary/aromatic N) is 1. The van der Waals surface area contributed by atoms with Gasteiger partial charge < -0.3 is 5.32 Å². The van der Waals surface area contributed by atoms with Gasteiger partial charge in [0.25, 0.3) is 5.91 Å². The van der Waals surface area contributed by atoms with Crippen molar-refractivity contribution in [1.82, 2.24) is 4.98 Å². The lowest BCUT2D eigenvalue weighted by molar-refractivity contribution is 0.103. The van der Waals surface area contributed by atoms with Crippen LogP contribution in [0.4, 0.5) is 5.69 Å². The van der Waals surface area contributed by atoms with Crippen molar-refractivity contribution in [1.29, 1.82) is 0 Å². The highest BCUT2D eigenvalue weighted by Gasteiger charge is 2.12. The minimum absolute atomic E-state index is 0.0791. The Morgan fingerprint density at radius 2 is 2.00 bits per heavy atom. The van der Waals surface area contributed by atoms with Gasteiger partial charge in [-0.05, 0) is 31.4 Å². The average Bonchev–Trinajstić information content (AvgIpc) is 2.82. The Balaban J connectivity index is 2.21. The highest BCUT2D eigenvalue weighted by Crippen LogP contribution is 2.21. The zero-order valence-corrected chi connectivity index (χ0v) is 11.6. The number of benzene rings is 1. The van der Waals surface area contributed by atoms with E-state index >= 15 is 0 Å². The number of amides is 1. The standard InChI is InChI=1S/C14H16N2OS/c1-4-12-15-8-11(18-12)14(17)16-13-9(2)6-5-7-10(13)3/h5-8H,4H2,1-3H3,(H,16,17). The van der Waals surface area contributed by atoms with E-state index in [0.29, 0.717) is 4.88 Å². The van der Waals surface area contributed by atoms with Crippen molar-refractivity contribution in [3.05, 3.63) is 45.4 Å². The van der Waals surface area contributed by atoms with Crippen LogP contribution in [0, 0.1) is 13.8 Å². The van der Waals surface area contributed by atoms with Crippen LogP contribution < -0.4 is 5.32 Å². The smallest absolute Gasteiger partial charge is 0.267 e. The molecule has 0 unspecified atom stereocenters. The first-order chi connectivity index (χ1) is 8.61. The minimum atomic E-state index is -0.0791. The number of rotatable bonds is 3. The Morgan fingerprint density at radius 3 is 2.56 bits per heavy atom. The summed E-state index contributed by atoms with van der Waals surface area (Å²) in [6.45, 7) is 6.02. The molecule has 0 saturated carbocycles. The molecule has 18 heavy (non-hydrogen) atoms. The molecule has 0 fully saturated rings. The fraction of sp³-hybridized carbons (Fsp3) is 0.286. The number of para-hydroxylation sites is 1. The average molecular weight is 260 g/mol. The summed E-state index contributed by atoms with van der Waals surface area (Å²) in [6.07, 6.45) is 2.51. The number of carbonyl (C=O) groups is 1. The van der Waals surface area contributed by atoms with Gasteiger partial charge in [0.1, 0.15) is 4.88 Å². The number of carbonyl (C=O) groups excluding carboxylic acids is 1. The highest BCUT2D eigenvalue weighted by molar-refractivity contribution is 7.13. The molecule has 0 aliphatic carbocycles. The van der Waals surface area contributed by atoms with Crippen molar-refractivity contribution in [2.24, 2.45) is 0 Å². The van der Waals surface area contributed by atoms with Gasteiger partial charge in [-0.1, -0.05) is 25.1 Å². The van der Waals surface area contributed by atoms with Crippen LogP contribution in [0.15, 0.2) is 24.4 Å². The largest absolute Gasteiger partial charge is 0.321 e. The molecule has 0 aliphatic rings. The number of nitrogens with one attached hydrogen (secondary N) is 1. The van der Waals surface area contributed by atoms with E-state index in [1.807, 2.05) is 39.0 Å². The monoisotopic (exact) mass is 260 g/mol. The zero-order chi connectivity index (χ0) is 13.1. The molecule has 3 nitrogen and oxygen atoms in total. The first-order valence-electron chi connectivity index (χ1n) is 5.94. The van der Waals surface area contributed by atoms with E-state index in [0.717, 1.165) is 28.2 Å². The van der Waals surface area contributed by atoms with E-state index < -0.39 is 0 Å². The van der Waals surface area contributed by atoms with Crippen LogP contribution in [0.1, 0.15) is 32.7 Å². The molecular weight excluding hydrogens is 244 g/mol. The summed E-state index contributed by atoms with van der Waals surface area (Å²) < 4.78 is 0. The predicted octanol–water partition coefficient (Wildman–Crippen LogP) is 3.57. The van der Waals surface area contributed by atoms with Crippen LogP contribution in [0.25, 0.3) is 0 Å². The van der Waals surface area contributed by atoms with Gasteiger partial charge in [0, 0.05) is 5.69 Å². The van der Waals surface area contributed by atoms with Gasteiger partial charge in [-0.15, -0.1) is 11.3 Å². The van der Waals surface area contributed by atoms with Gasteiger partial charge >= 0.3 is 0 Å². The molecule has 1 N–H and O–H groups in total. The second-order valence-corrected chi connectivity index (χ2v) is 5.31. The molecule has 0 aliphatic heterocycles. The summed E-state index contributed by atoms with van der Waals surface area (Å²) >= 11 is 1.45. The van der Waals surface area contributed by atoms with E-state index in [1.165, 1.54) is 11.3 Å². The van der Waals surface area contributed by atoms with Gasteiger partial charge in [-0.3, -0.25) is 4.79 Å². The summed E-state index contributed by atoms with van der Waals surface area (Å²) in [5.41, 5.74) is 3.04. The van der Waals surface area contributed by atoms with Gasteiger partial charge in [0.2, 0.25) is 0 Å². The maximum absolute atomic E-state index is 12.1. The molecule has 0 radical (unpaired) electrons. The van der Waals surface area contributed by atoms with Gasteiger partial charge in [-0.2, -0.15) is 0 Å². The Hall–Kier alpha value is -1.68. The van der Waals surface area contributed by atoms with Crippen LogP contribution in [0.5, 0.6) is 0 Å². The summed E-state index contributed by atoms with van der Waals surface area (Å²) in [4.78, 5) is 17.0. The molecule has 0 bridgehead atoms. The van der Waals surface area contributed by atoms with E-state index in [4.69, 9.17) is 0 Å². The third-order valence-corrected chi connectivity index (χ3v) is 3.94. The molecule has 2 aromatic rings. The lowest BCUT2D eigenvalue weighted by atomic mass is 10.1. The highest BCUT2D eigenvalue weighted by atomic mass is 32.1. The number of hydrogen-bond donors (Lipinski definition) is 1. The molecular formula is C14H16N2OS. The van der Waals surface area contributed by atoms with Gasteiger partial charge in [-0.25, -0.2) is 4.98 Å². The molecule has 94 valence electrons. The molecule has 1 heterocycles. The second-order valence-electron chi connectivity index (χ2n) is 4.19. The van der Waals surface area contributed by atoms with Crippen LogP contribution in [-0.2, 0) is 6.42 Å². The number of aryl methyl sites for hydroxylation is 3. The summed E-state index contributed by atoms with van der Waals surface area (Å²) in [7, 11) is 0. The van der Waals surface area contributed by atoms with Crippen molar-refractivity contribution in [3.63, 3.8) is 0 Å². The van der Waals surface area contributed by atoms with E-state index in [-0.39, 0.29) is 5.91 Å². The Labute approximate surface area is 111 Å². The lowest BCUT2D eigenvalue weighted by Gasteiger charge is -2.10. The predicted molar refractivity (Wildman–Crippen MR) is 75.4 cm³/mol. The van der Waals surface area contributed by atoms with Crippen molar-refractivity contribution in [3.8, 4) is 0 Å². The quantitative estimate of drug-likeness (QED) is 0.916. The number of anilines is 1. The van der Waals surface area contributed by atoms with E-state index in [1.54, 1.807) is 6.20 Å². The van der Waals surface area contributed by atoms with Crippen molar-refractivity contribution in [2.75, 3.05) is 5.32 Å². The summed E-state index contributed by atoms with van der Waals surface area (Å²) in [5.74, 6) is -0.0791. The zero-order valence-electron chi connectivity index (χ0n) is 10.8. The molecule has 0 spiro atoms. The maximum Gasteiger partial charge on any atom is 0.267 e. The van der Waals surface area contributed by atoms with Gasteiger partial charge in [0.05, 0.1) is 11.2 Å². The Kier molecular flexibility index (Phi) is 3.77. The second kappa shape index (κ2) is 5.31. The third-order valence-electron chi connectivity index (χ3n) is 2.80. The van der Waals surface area contributed by atoms with Gasteiger partial charge in [0.15, 0.2) is 0 Å². The van der Waals surface area contributed by atoms with E-state index in [9.17, 15) is 4.79 Å². The Morgan fingerprint density at radius 1 is 1.33 bits per heavy atom. The summed E-state index contributed by atoms with van der Waals surface area (Å²) in [5, 5.41) is 3.95. The minimum Gasteiger partial charge on any atom is -0.321 e. The maximum atomic E-state index is 12.1. The molecule has 4 heteroatoms.